The Bertz CT molecular complexity index is 464. The van der Waals surface area contributed by atoms with E-state index in [0.29, 0.717) is 18.1 Å². The molecule has 2 bridgehead atoms. The molecule has 0 spiro atoms. The van der Waals surface area contributed by atoms with Crippen LogP contribution < -0.4 is 9.47 Å². The Labute approximate surface area is 94.4 Å². The van der Waals surface area contributed by atoms with Gasteiger partial charge in [-0.25, -0.2) is 0 Å². The predicted molar refractivity (Wildman–Crippen MR) is 59.3 cm³/mol. The summed E-state index contributed by atoms with van der Waals surface area (Å²) in [5, 5.41) is 0. The first-order valence-corrected chi connectivity index (χ1v) is 5.53. The summed E-state index contributed by atoms with van der Waals surface area (Å²) in [6.07, 6.45) is 1.68. The molecule has 2 atom stereocenters. The molecule has 0 aliphatic heterocycles. The number of benzene rings is 1. The molecule has 0 amide bonds. The van der Waals surface area contributed by atoms with E-state index >= 15 is 0 Å². The largest absolute Gasteiger partial charge is 0.493 e. The third-order valence-electron chi connectivity index (χ3n) is 3.76. The summed E-state index contributed by atoms with van der Waals surface area (Å²) in [5.41, 5.74) is 2.43. The number of fused-ring (bicyclic) bond motifs is 5. The Morgan fingerprint density at radius 3 is 2.38 bits per heavy atom. The van der Waals surface area contributed by atoms with Gasteiger partial charge in [0.25, 0.3) is 0 Å². The van der Waals surface area contributed by atoms with Gasteiger partial charge in [0.1, 0.15) is 5.78 Å². The van der Waals surface area contributed by atoms with Gasteiger partial charge in [-0.15, -0.1) is 0 Å². The van der Waals surface area contributed by atoms with Crippen molar-refractivity contribution in [2.24, 2.45) is 0 Å². The lowest BCUT2D eigenvalue weighted by atomic mass is 9.90. The zero-order valence-electron chi connectivity index (χ0n) is 9.45. The summed E-state index contributed by atoms with van der Waals surface area (Å²) >= 11 is 0. The Morgan fingerprint density at radius 1 is 1.12 bits per heavy atom. The molecule has 1 aromatic rings. The van der Waals surface area contributed by atoms with E-state index in [1.807, 2.05) is 12.1 Å². The molecular weight excluding hydrogens is 204 g/mol. The fourth-order valence-corrected chi connectivity index (χ4v) is 2.99. The van der Waals surface area contributed by atoms with Crippen molar-refractivity contribution in [3.05, 3.63) is 23.3 Å². The number of carbonyl (C=O) groups is 1. The smallest absolute Gasteiger partial charge is 0.161 e. The van der Waals surface area contributed by atoms with Crippen LogP contribution in [0.5, 0.6) is 11.5 Å². The highest BCUT2D eigenvalue weighted by molar-refractivity contribution is 5.92. The van der Waals surface area contributed by atoms with Crippen LogP contribution in [0, 0.1) is 0 Å². The third-order valence-corrected chi connectivity index (χ3v) is 3.76. The fraction of sp³-hybridized carbons (Fsp3) is 0.462. The number of ketones is 1. The van der Waals surface area contributed by atoms with Crippen LogP contribution in [0.3, 0.4) is 0 Å². The molecular formula is C13H14O3. The van der Waals surface area contributed by atoms with Crippen LogP contribution in [-0.2, 0) is 4.79 Å². The maximum Gasteiger partial charge on any atom is 0.161 e. The lowest BCUT2D eigenvalue weighted by Gasteiger charge is -2.17. The Hall–Kier alpha value is -1.51. The van der Waals surface area contributed by atoms with Crippen molar-refractivity contribution in [2.45, 2.75) is 24.7 Å². The molecule has 0 radical (unpaired) electrons. The van der Waals surface area contributed by atoms with E-state index in [4.69, 9.17) is 9.47 Å². The highest BCUT2D eigenvalue weighted by atomic mass is 16.5. The van der Waals surface area contributed by atoms with Crippen molar-refractivity contribution in [1.29, 1.82) is 0 Å². The molecule has 0 saturated heterocycles. The van der Waals surface area contributed by atoms with Crippen LogP contribution in [0.25, 0.3) is 0 Å². The van der Waals surface area contributed by atoms with Crippen LogP contribution in [0.1, 0.15) is 35.8 Å². The molecule has 2 aliphatic carbocycles. The minimum absolute atomic E-state index is 0.111. The molecule has 3 nitrogen and oxygen atoms in total. The van der Waals surface area contributed by atoms with Crippen LogP contribution in [0.4, 0.5) is 0 Å². The number of Topliss-reactive ketones (excluding diaryl/α,β-unsaturated/α-hetero) is 1. The average molecular weight is 218 g/mol. The third kappa shape index (κ3) is 1.11. The molecule has 1 unspecified atom stereocenters. The number of carbonyl (C=O) groups excluding carboxylic acids is 1. The normalized spacial score (nSPS) is 25.8. The van der Waals surface area contributed by atoms with E-state index in [2.05, 4.69) is 0 Å². The quantitative estimate of drug-likeness (QED) is 0.763. The number of hydrogen-bond acceptors (Lipinski definition) is 3. The molecule has 1 fully saturated rings. The van der Waals surface area contributed by atoms with E-state index in [1.165, 1.54) is 5.56 Å². The van der Waals surface area contributed by atoms with E-state index in [-0.39, 0.29) is 5.92 Å². The first kappa shape index (κ1) is 9.70. The van der Waals surface area contributed by atoms with Crippen LogP contribution in [0.15, 0.2) is 12.1 Å². The Morgan fingerprint density at radius 2 is 1.75 bits per heavy atom. The molecule has 0 N–H and O–H groups in total. The summed E-state index contributed by atoms with van der Waals surface area (Å²) < 4.78 is 10.6. The van der Waals surface area contributed by atoms with E-state index in [9.17, 15) is 4.79 Å². The molecule has 1 aromatic carbocycles. The van der Waals surface area contributed by atoms with Gasteiger partial charge in [0.15, 0.2) is 11.5 Å². The molecule has 3 heteroatoms. The number of rotatable bonds is 2. The van der Waals surface area contributed by atoms with E-state index < -0.39 is 0 Å². The topological polar surface area (TPSA) is 35.5 Å². The summed E-state index contributed by atoms with van der Waals surface area (Å²) in [5.74, 6) is 2.39. The number of hydrogen-bond donors (Lipinski definition) is 0. The average Bonchev–Trinajstić information content (AvgIpc) is 2.84. The maximum absolute atomic E-state index is 11.7. The van der Waals surface area contributed by atoms with Gasteiger partial charge in [-0.3, -0.25) is 4.79 Å². The van der Waals surface area contributed by atoms with Crippen molar-refractivity contribution in [1.82, 2.24) is 0 Å². The fourth-order valence-electron chi connectivity index (χ4n) is 2.99. The number of methoxy groups -OCH3 is 2. The monoisotopic (exact) mass is 218 g/mol. The first-order valence-electron chi connectivity index (χ1n) is 5.53. The summed E-state index contributed by atoms with van der Waals surface area (Å²) in [6.45, 7) is 0. The maximum atomic E-state index is 11.7. The van der Waals surface area contributed by atoms with Gasteiger partial charge in [-0.05, 0) is 35.6 Å². The van der Waals surface area contributed by atoms with E-state index in [1.54, 1.807) is 14.2 Å². The molecule has 0 heterocycles. The zero-order chi connectivity index (χ0) is 11.3. The number of ether oxygens (including phenoxy) is 2. The van der Waals surface area contributed by atoms with Gasteiger partial charge >= 0.3 is 0 Å². The highest BCUT2D eigenvalue weighted by Crippen LogP contribution is 2.53. The zero-order valence-corrected chi connectivity index (χ0v) is 9.45. The van der Waals surface area contributed by atoms with Crippen LogP contribution in [0.2, 0.25) is 0 Å². The lowest BCUT2D eigenvalue weighted by molar-refractivity contribution is -0.118. The van der Waals surface area contributed by atoms with Crippen LogP contribution >= 0.6 is 0 Å². The summed E-state index contributed by atoms with van der Waals surface area (Å²) in [4.78, 5) is 11.7. The predicted octanol–water partition coefficient (Wildman–Crippen LogP) is 2.25. The summed E-state index contributed by atoms with van der Waals surface area (Å²) in [7, 11) is 3.27. The van der Waals surface area contributed by atoms with Crippen molar-refractivity contribution in [3.8, 4) is 11.5 Å². The van der Waals surface area contributed by atoms with Crippen molar-refractivity contribution in [3.63, 3.8) is 0 Å². The molecule has 2 aliphatic rings. The van der Waals surface area contributed by atoms with Gasteiger partial charge in [0.05, 0.1) is 14.2 Å². The second-order valence-electron chi connectivity index (χ2n) is 4.49. The second kappa shape index (κ2) is 3.24. The van der Waals surface area contributed by atoms with E-state index in [0.717, 1.165) is 23.5 Å². The van der Waals surface area contributed by atoms with Crippen molar-refractivity contribution in [2.75, 3.05) is 14.2 Å². The standard InChI is InChI=1S/C13H14O3/c1-15-12-5-8-7-3-10(11(14)4-7)9(8)6-13(12)16-2/h5-7,10H,3-4H2,1-2H3/t7?,10-/m1/s1. The van der Waals surface area contributed by atoms with Gasteiger partial charge in [0.2, 0.25) is 0 Å². The lowest BCUT2D eigenvalue weighted by Crippen LogP contribution is -2.09. The molecule has 1 saturated carbocycles. The van der Waals surface area contributed by atoms with Gasteiger partial charge in [-0.2, -0.15) is 0 Å². The van der Waals surface area contributed by atoms with Crippen molar-refractivity contribution >= 4 is 5.78 Å². The van der Waals surface area contributed by atoms with Crippen LogP contribution in [-0.4, -0.2) is 20.0 Å². The van der Waals surface area contributed by atoms with Crippen molar-refractivity contribution < 1.29 is 14.3 Å². The minimum Gasteiger partial charge on any atom is -0.493 e. The van der Waals surface area contributed by atoms with Gasteiger partial charge in [0, 0.05) is 12.3 Å². The Kier molecular flexibility index (Phi) is 1.96. The molecule has 84 valence electrons. The van der Waals surface area contributed by atoms with Gasteiger partial charge in [-0.1, -0.05) is 0 Å². The molecule has 16 heavy (non-hydrogen) atoms. The second-order valence-corrected chi connectivity index (χ2v) is 4.49. The Balaban J connectivity index is 2.15. The molecule has 0 aromatic heterocycles. The first-order chi connectivity index (χ1) is 7.74. The minimum atomic E-state index is 0.111. The SMILES string of the molecule is COc1cc2c(cc1OC)[C@H]1CC2CC1=O. The van der Waals surface area contributed by atoms with Gasteiger partial charge < -0.3 is 9.47 Å². The summed E-state index contributed by atoms with van der Waals surface area (Å²) in [6, 6.07) is 4.00. The molecule has 3 rings (SSSR count). The highest BCUT2D eigenvalue weighted by Gasteiger charge is 2.43.